The molecule has 1 fully saturated rings. The first-order valence-corrected chi connectivity index (χ1v) is 10.4. The largest absolute Gasteiger partial charge is 0.331 e. The molecule has 26 heavy (non-hydrogen) atoms. The number of sulfone groups is 1. The Bertz CT molecular complexity index is 842. The molecule has 0 bridgehead atoms. The Kier molecular flexibility index (Phi) is 5.31. The molecule has 1 aliphatic heterocycles. The minimum atomic E-state index is -3.22. The summed E-state index contributed by atoms with van der Waals surface area (Å²) in [7, 11) is -3.22. The van der Waals surface area contributed by atoms with Gasteiger partial charge in [-0.15, -0.1) is 0 Å². The highest BCUT2D eigenvalue weighted by atomic mass is 32.2. The fourth-order valence-corrected chi connectivity index (χ4v) is 4.49. The van der Waals surface area contributed by atoms with Crippen LogP contribution in [0.1, 0.15) is 31.2 Å². The van der Waals surface area contributed by atoms with Crippen LogP contribution in [0.25, 0.3) is 0 Å². The van der Waals surface area contributed by atoms with E-state index in [0.717, 1.165) is 36.7 Å². The van der Waals surface area contributed by atoms with Crippen molar-refractivity contribution >= 4 is 33.2 Å². The van der Waals surface area contributed by atoms with Gasteiger partial charge in [0.15, 0.2) is 9.84 Å². The van der Waals surface area contributed by atoms with Crippen LogP contribution < -0.4 is 16.0 Å². The van der Waals surface area contributed by atoms with E-state index in [0.29, 0.717) is 11.4 Å². The van der Waals surface area contributed by atoms with Crippen LogP contribution in [-0.2, 0) is 14.6 Å². The summed E-state index contributed by atoms with van der Waals surface area (Å²) in [5, 5.41) is 9.34. The number of anilines is 2. The Morgan fingerprint density at radius 3 is 2.50 bits per heavy atom. The van der Waals surface area contributed by atoms with Crippen LogP contribution in [0.15, 0.2) is 29.7 Å². The van der Waals surface area contributed by atoms with Crippen LogP contribution in [0.5, 0.6) is 0 Å². The highest BCUT2D eigenvalue weighted by Gasteiger charge is 2.24. The average molecular weight is 377 g/mol. The number of hydrogen-bond acceptors (Lipinski definition) is 4. The van der Waals surface area contributed by atoms with Crippen molar-refractivity contribution in [2.75, 3.05) is 16.4 Å². The Labute approximate surface area is 153 Å². The Morgan fingerprint density at radius 2 is 1.85 bits per heavy atom. The first kappa shape index (κ1) is 18.4. The summed E-state index contributed by atoms with van der Waals surface area (Å²) >= 11 is 0. The van der Waals surface area contributed by atoms with Crippen molar-refractivity contribution in [3.8, 4) is 0 Å². The monoisotopic (exact) mass is 377 g/mol. The van der Waals surface area contributed by atoms with E-state index in [1.54, 1.807) is 12.1 Å². The molecular formula is C18H23N3O4S. The predicted octanol–water partition coefficient (Wildman–Crippen LogP) is 2.56. The molecule has 1 atom stereocenters. The average Bonchev–Trinajstić information content (AvgIpc) is 3.20. The minimum Gasteiger partial charge on any atom is -0.331 e. The van der Waals surface area contributed by atoms with E-state index >= 15 is 0 Å². The van der Waals surface area contributed by atoms with Gasteiger partial charge in [0.25, 0.3) is 0 Å². The lowest BCUT2D eigenvalue weighted by molar-refractivity contribution is -0.119. The number of urea groups is 1. The molecule has 3 rings (SSSR count). The molecular weight excluding hydrogens is 354 g/mol. The zero-order chi connectivity index (χ0) is 18.7. The highest BCUT2D eigenvalue weighted by molar-refractivity contribution is 7.94. The third-order valence-electron chi connectivity index (χ3n) is 4.73. The Hall–Kier alpha value is -2.35. The van der Waals surface area contributed by atoms with Crippen molar-refractivity contribution in [3.05, 3.63) is 35.2 Å². The fourth-order valence-electron chi connectivity index (χ4n) is 3.26. The van der Waals surface area contributed by atoms with Gasteiger partial charge in [-0.3, -0.25) is 4.79 Å². The van der Waals surface area contributed by atoms with Crippen molar-refractivity contribution < 1.29 is 18.0 Å². The topological polar surface area (TPSA) is 104 Å². The van der Waals surface area contributed by atoms with E-state index in [9.17, 15) is 18.0 Å². The maximum atomic E-state index is 12.3. The van der Waals surface area contributed by atoms with Crippen LogP contribution in [0.3, 0.4) is 0 Å². The van der Waals surface area contributed by atoms with Gasteiger partial charge in [0.1, 0.15) is 0 Å². The third kappa shape index (κ3) is 4.63. The maximum absolute atomic E-state index is 12.3. The number of aryl methyl sites for hydroxylation is 1. The summed E-state index contributed by atoms with van der Waals surface area (Å²) < 4.78 is 22.8. The molecule has 3 amide bonds. The van der Waals surface area contributed by atoms with Gasteiger partial charge in [0.05, 0.1) is 11.8 Å². The van der Waals surface area contributed by atoms with Crippen molar-refractivity contribution in [3.63, 3.8) is 0 Å². The molecule has 1 aromatic carbocycles. The molecule has 3 N–H and O–H groups in total. The van der Waals surface area contributed by atoms with Crippen LogP contribution in [0, 0.1) is 12.8 Å². The van der Waals surface area contributed by atoms with Gasteiger partial charge in [0, 0.05) is 22.7 Å². The summed E-state index contributed by atoms with van der Waals surface area (Å²) in [5.41, 5.74) is 2.11. The molecule has 2 aliphatic rings. The lowest BCUT2D eigenvalue weighted by atomic mass is 10.1. The zero-order valence-corrected chi connectivity index (χ0v) is 15.4. The summed E-state index contributed by atoms with van der Waals surface area (Å²) in [5.74, 6) is -0.0456. The molecule has 0 saturated heterocycles. The van der Waals surface area contributed by atoms with E-state index < -0.39 is 21.9 Å². The van der Waals surface area contributed by atoms with Gasteiger partial charge < -0.3 is 16.0 Å². The summed E-state index contributed by atoms with van der Waals surface area (Å²) in [6.45, 7) is 1.89. The number of rotatable bonds is 4. The zero-order valence-electron chi connectivity index (χ0n) is 14.6. The molecule has 1 heterocycles. The number of hydrogen-bond donors (Lipinski definition) is 3. The van der Waals surface area contributed by atoms with Gasteiger partial charge in [-0.05, 0) is 43.5 Å². The molecule has 0 spiro atoms. The molecule has 1 saturated carbocycles. The second-order valence-electron chi connectivity index (χ2n) is 6.86. The van der Waals surface area contributed by atoms with Gasteiger partial charge in [-0.25, -0.2) is 13.2 Å². The van der Waals surface area contributed by atoms with Gasteiger partial charge in [0.2, 0.25) is 5.91 Å². The van der Waals surface area contributed by atoms with E-state index in [4.69, 9.17) is 0 Å². The molecule has 1 aromatic rings. The number of carbonyl (C=O) groups excluding carboxylic acids is 2. The van der Waals surface area contributed by atoms with Gasteiger partial charge in [-0.2, -0.15) is 0 Å². The lowest BCUT2D eigenvalue weighted by Crippen LogP contribution is -2.38. The molecule has 0 aromatic heterocycles. The molecule has 0 unspecified atom stereocenters. The van der Waals surface area contributed by atoms with Gasteiger partial charge in [-0.1, -0.05) is 18.9 Å². The van der Waals surface area contributed by atoms with E-state index in [2.05, 4.69) is 16.0 Å². The Morgan fingerprint density at radius 1 is 1.12 bits per heavy atom. The SMILES string of the molecule is Cc1ccc(NC(=O)N[C@H]2C=CS(=O)(=O)C2)cc1NC(=O)C1CCCC1. The molecule has 140 valence electrons. The smallest absolute Gasteiger partial charge is 0.319 e. The van der Waals surface area contributed by atoms with Crippen LogP contribution in [0.4, 0.5) is 16.2 Å². The molecule has 7 nitrogen and oxygen atoms in total. The van der Waals surface area contributed by atoms with Crippen molar-refractivity contribution in [2.45, 2.75) is 38.6 Å². The summed E-state index contributed by atoms with van der Waals surface area (Å²) in [6, 6.07) is 4.24. The normalized spacial score (nSPS) is 21.5. The Balaban J connectivity index is 1.60. The van der Waals surface area contributed by atoms with Crippen molar-refractivity contribution in [2.24, 2.45) is 5.92 Å². The van der Waals surface area contributed by atoms with E-state index in [-0.39, 0.29) is 17.6 Å². The second kappa shape index (κ2) is 7.49. The highest BCUT2D eigenvalue weighted by Crippen LogP contribution is 2.27. The number of nitrogens with one attached hydrogen (secondary N) is 3. The van der Waals surface area contributed by atoms with Crippen LogP contribution >= 0.6 is 0 Å². The quantitative estimate of drug-likeness (QED) is 0.750. The third-order valence-corrected chi connectivity index (χ3v) is 6.12. The molecule has 0 radical (unpaired) electrons. The first-order chi connectivity index (χ1) is 12.3. The van der Waals surface area contributed by atoms with Crippen LogP contribution in [-0.4, -0.2) is 32.2 Å². The number of carbonyl (C=O) groups is 2. The predicted molar refractivity (Wildman–Crippen MR) is 101 cm³/mol. The van der Waals surface area contributed by atoms with Crippen molar-refractivity contribution in [1.82, 2.24) is 5.32 Å². The summed E-state index contributed by atoms with van der Waals surface area (Å²) in [4.78, 5) is 24.4. The standard InChI is InChI=1S/C18H23N3O4S/c1-12-6-7-14(10-16(12)21-17(22)13-4-2-3-5-13)19-18(23)20-15-8-9-26(24,25)11-15/h6-10,13,15H,2-5,11H2,1H3,(H,21,22)(H2,19,20,23)/t15-/m0/s1. The van der Waals surface area contributed by atoms with Gasteiger partial charge >= 0.3 is 6.03 Å². The lowest BCUT2D eigenvalue weighted by Gasteiger charge is -2.15. The van der Waals surface area contributed by atoms with E-state index in [1.807, 2.05) is 13.0 Å². The second-order valence-corrected chi connectivity index (χ2v) is 8.79. The first-order valence-electron chi connectivity index (χ1n) is 8.72. The summed E-state index contributed by atoms with van der Waals surface area (Å²) in [6.07, 6.45) is 5.47. The van der Waals surface area contributed by atoms with Crippen molar-refractivity contribution in [1.29, 1.82) is 0 Å². The number of amides is 3. The fraction of sp³-hybridized carbons (Fsp3) is 0.444. The maximum Gasteiger partial charge on any atom is 0.319 e. The van der Waals surface area contributed by atoms with E-state index in [1.165, 1.54) is 6.08 Å². The number of benzene rings is 1. The van der Waals surface area contributed by atoms with Crippen LogP contribution in [0.2, 0.25) is 0 Å². The minimum absolute atomic E-state index is 0.0218. The molecule has 8 heteroatoms. The molecule has 1 aliphatic carbocycles.